The molecule has 0 heterocycles. The summed E-state index contributed by atoms with van der Waals surface area (Å²) in [5, 5.41) is -2.44. The van der Waals surface area contributed by atoms with Crippen molar-refractivity contribution in [3.8, 4) is 0 Å². The van der Waals surface area contributed by atoms with E-state index < -0.39 is 54.1 Å². The SMILES string of the molecule is FC(F)(F)COC1=C(Cl)C(F)(OCC(F)(F)F)C(F)(F)C1(F)F. The highest BCUT2D eigenvalue weighted by atomic mass is 35.5. The van der Waals surface area contributed by atoms with Gasteiger partial charge in [0, 0.05) is 0 Å². The third-order valence-corrected chi connectivity index (χ3v) is 2.79. The van der Waals surface area contributed by atoms with E-state index >= 15 is 0 Å². The summed E-state index contributed by atoms with van der Waals surface area (Å²) in [5.74, 6) is -19.7. The highest BCUT2D eigenvalue weighted by Crippen LogP contribution is 2.60. The Morgan fingerprint density at radius 2 is 1.26 bits per heavy atom. The van der Waals surface area contributed by atoms with E-state index in [0.717, 1.165) is 0 Å². The molecule has 0 aromatic rings. The second-order valence-corrected chi connectivity index (χ2v) is 4.57. The number of ether oxygens (including phenoxy) is 2. The molecule has 1 aliphatic carbocycles. The van der Waals surface area contributed by atoms with Gasteiger partial charge in [0.15, 0.2) is 12.4 Å². The first-order valence-electron chi connectivity index (χ1n) is 5.21. The van der Waals surface area contributed by atoms with Crippen LogP contribution in [-0.2, 0) is 9.47 Å². The first-order chi connectivity index (χ1) is 9.96. The second kappa shape index (κ2) is 5.53. The monoisotopic (exact) mass is 388 g/mol. The van der Waals surface area contributed by atoms with Crippen LogP contribution in [0.3, 0.4) is 0 Å². The average Bonchev–Trinajstić information content (AvgIpc) is 2.41. The summed E-state index contributed by atoms with van der Waals surface area (Å²) in [6.07, 6.45) is -10.7. The van der Waals surface area contributed by atoms with Gasteiger partial charge in [-0.3, -0.25) is 0 Å². The molecule has 0 amide bonds. The number of alkyl halides is 11. The fourth-order valence-electron chi connectivity index (χ4n) is 1.41. The molecule has 0 fully saturated rings. The largest absolute Gasteiger partial charge is 0.480 e. The normalized spacial score (nSPS) is 27.5. The Balaban J connectivity index is 3.22. The molecule has 1 aliphatic rings. The third-order valence-electron chi connectivity index (χ3n) is 2.38. The van der Waals surface area contributed by atoms with Crippen LogP contribution in [0.1, 0.15) is 0 Å². The van der Waals surface area contributed by atoms with Crippen LogP contribution in [0.4, 0.5) is 48.3 Å². The Morgan fingerprint density at radius 3 is 1.65 bits per heavy atom. The van der Waals surface area contributed by atoms with Crippen LogP contribution in [0.2, 0.25) is 0 Å². The molecule has 0 spiro atoms. The molecule has 136 valence electrons. The van der Waals surface area contributed by atoms with Gasteiger partial charge in [-0.25, -0.2) is 0 Å². The molecule has 23 heavy (non-hydrogen) atoms. The molecule has 0 aromatic heterocycles. The first-order valence-corrected chi connectivity index (χ1v) is 5.59. The zero-order chi connectivity index (χ0) is 18.5. The summed E-state index contributed by atoms with van der Waals surface area (Å²) < 4.78 is 145. The van der Waals surface area contributed by atoms with Crippen molar-refractivity contribution in [1.82, 2.24) is 0 Å². The minimum Gasteiger partial charge on any atom is -0.480 e. The Hall–Kier alpha value is -0.980. The van der Waals surface area contributed by atoms with Crippen LogP contribution in [0.25, 0.3) is 0 Å². The molecule has 0 N–H and O–H groups in total. The first kappa shape index (κ1) is 20.1. The second-order valence-electron chi connectivity index (χ2n) is 4.19. The maximum Gasteiger partial charge on any atom is 0.422 e. The quantitative estimate of drug-likeness (QED) is 0.658. The average molecular weight is 389 g/mol. The highest BCUT2D eigenvalue weighted by molar-refractivity contribution is 6.31. The molecule has 0 aliphatic heterocycles. The van der Waals surface area contributed by atoms with Crippen molar-refractivity contribution < 1.29 is 57.8 Å². The predicted molar refractivity (Wildman–Crippen MR) is 50.6 cm³/mol. The predicted octanol–water partition coefficient (Wildman–Crippen LogP) is 4.54. The lowest BCUT2D eigenvalue weighted by atomic mass is 10.1. The Morgan fingerprint density at radius 1 is 0.826 bits per heavy atom. The van der Waals surface area contributed by atoms with Crippen LogP contribution in [0.5, 0.6) is 0 Å². The number of hydrogen-bond donors (Lipinski definition) is 0. The lowest BCUT2D eigenvalue weighted by Gasteiger charge is -2.30. The van der Waals surface area contributed by atoms with Crippen molar-refractivity contribution in [2.24, 2.45) is 0 Å². The fraction of sp³-hybridized carbons (Fsp3) is 0.778. The van der Waals surface area contributed by atoms with Gasteiger partial charge in [0.05, 0.1) is 0 Å². The van der Waals surface area contributed by atoms with Gasteiger partial charge in [-0.15, -0.1) is 0 Å². The molecular formula is C9H4ClF11O2. The van der Waals surface area contributed by atoms with Gasteiger partial charge in [-0.2, -0.15) is 48.3 Å². The summed E-state index contributed by atoms with van der Waals surface area (Å²) in [7, 11) is 0. The van der Waals surface area contributed by atoms with E-state index in [1.165, 1.54) is 0 Å². The molecule has 1 rings (SSSR count). The van der Waals surface area contributed by atoms with Crippen molar-refractivity contribution >= 4 is 11.6 Å². The van der Waals surface area contributed by atoms with Crippen molar-refractivity contribution in [1.29, 1.82) is 0 Å². The molecule has 0 bridgehead atoms. The van der Waals surface area contributed by atoms with Crippen LogP contribution in [0.15, 0.2) is 10.8 Å². The van der Waals surface area contributed by atoms with E-state index in [-0.39, 0.29) is 0 Å². The van der Waals surface area contributed by atoms with Gasteiger partial charge >= 0.3 is 30.1 Å². The molecule has 0 saturated carbocycles. The van der Waals surface area contributed by atoms with Gasteiger partial charge in [0.1, 0.15) is 11.6 Å². The van der Waals surface area contributed by atoms with Gasteiger partial charge in [0.2, 0.25) is 0 Å². The molecule has 2 nitrogen and oxygen atoms in total. The van der Waals surface area contributed by atoms with E-state index in [0.29, 0.717) is 0 Å². The summed E-state index contributed by atoms with van der Waals surface area (Å²) >= 11 is 4.77. The summed E-state index contributed by atoms with van der Waals surface area (Å²) in [6.45, 7) is -5.31. The molecule has 1 atom stereocenters. The minimum absolute atomic E-state index is 2.44. The molecule has 14 heteroatoms. The Labute approximate surface area is 124 Å². The lowest BCUT2D eigenvalue weighted by Crippen LogP contribution is -2.54. The summed E-state index contributed by atoms with van der Waals surface area (Å²) in [4.78, 5) is 0. The molecule has 1 unspecified atom stereocenters. The maximum absolute atomic E-state index is 13.9. The lowest BCUT2D eigenvalue weighted by molar-refractivity contribution is -0.328. The summed E-state index contributed by atoms with van der Waals surface area (Å²) in [5.41, 5.74) is 0. The maximum atomic E-state index is 13.9. The van der Waals surface area contributed by atoms with E-state index in [9.17, 15) is 48.3 Å². The number of rotatable bonds is 4. The van der Waals surface area contributed by atoms with E-state index in [4.69, 9.17) is 11.6 Å². The van der Waals surface area contributed by atoms with Crippen molar-refractivity contribution in [3.63, 3.8) is 0 Å². The molecule has 0 radical (unpaired) electrons. The van der Waals surface area contributed by atoms with Gasteiger partial charge in [-0.05, 0) is 0 Å². The zero-order valence-electron chi connectivity index (χ0n) is 10.3. The van der Waals surface area contributed by atoms with Crippen LogP contribution in [0, 0.1) is 0 Å². The Kier molecular flexibility index (Phi) is 4.83. The van der Waals surface area contributed by atoms with E-state index in [2.05, 4.69) is 9.47 Å². The van der Waals surface area contributed by atoms with Crippen molar-refractivity contribution in [3.05, 3.63) is 10.8 Å². The Bertz CT molecular complexity index is 495. The van der Waals surface area contributed by atoms with Gasteiger partial charge < -0.3 is 9.47 Å². The van der Waals surface area contributed by atoms with Crippen LogP contribution in [-0.4, -0.2) is 43.3 Å². The van der Waals surface area contributed by atoms with Gasteiger partial charge in [0.25, 0.3) is 0 Å². The van der Waals surface area contributed by atoms with Crippen molar-refractivity contribution in [2.75, 3.05) is 13.2 Å². The van der Waals surface area contributed by atoms with Gasteiger partial charge in [-0.1, -0.05) is 11.6 Å². The topological polar surface area (TPSA) is 18.5 Å². The smallest absolute Gasteiger partial charge is 0.422 e. The molecule has 0 saturated heterocycles. The number of hydrogen-bond acceptors (Lipinski definition) is 2. The number of allylic oxidation sites excluding steroid dienone is 1. The third kappa shape index (κ3) is 3.59. The fourth-order valence-corrected chi connectivity index (χ4v) is 1.76. The zero-order valence-corrected chi connectivity index (χ0v) is 11.0. The minimum atomic E-state index is -6.04. The van der Waals surface area contributed by atoms with Crippen LogP contribution < -0.4 is 0 Å². The van der Waals surface area contributed by atoms with E-state index in [1.54, 1.807) is 0 Å². The van der Waals surface area contributed by atoms with E-state index in [1.807, 2.05) is 0 Å². The molecular weight excluding hydrogens is 385 g/mol. The number of halogens is 12. The molecule has 0 aromatic carbocycles. The summed E-state index contributed by atoms with van der Waals surface area (Å²) in [6, 6.07) is 0. The van der Waals surface area contributed by atoms with Crippen LogP contribution >= 0.6 is 11.6 Å². The highest BCUT2D eigenvalue weighted by Gasteiger charge is 2.82. The standard InChI is InChI=1S/C9H4ClF11O2/c10-3-4(22-1-5(11,12)13)7(17,18)9(20,21)8(3,19)23-2-6(14,15)16/h1-2H2. The van der Waals surface area contributed by atoms with Crippen molar-refractivity contribution in [2.45, 2.75) is 30.1 Å².